The number of halogens is 3. The predicted octanol–water partition coefficient (Wildman–Crippen LogP) is 2.64. The molecule has 0 bridgehead atoms. The van der Waals surface area contributed by atoms with Crippen LogP contribution in [-0.2, 0) is 4.79 Å². The third-order valence-corrected chi connectivity index (χ3v) is 6.48. The Hall–Kier alpha value is -2.43. The summed E-state index contributed by atoms with van der Waals surface area (Å²) < 4.78 is 36.9. The van der Waals surface area contributed by atoms with E-state index in [1.807, 2.05) is 11.8 Å². The van der Waals surface area contributed by atoms with Crippen molar-refractivity contribution in [3.8, 4) is 0 Å². The molecule has 2 fully saturated rings. The summed E-state index contributed by atoms with van der Waals surface area (Å²) in [4.78, 5) is 35.6. The first-order chi connectivity index (χ1) is 14.2. The van der Waals surface area contributed by atoms with Gasteiger partial charge in [0, 0.05) is 17.4 Å². The second-order valence-corrected chi connectivity index (χ2v) is 8.53. The van der Waals surface area contributed by atoms with Crippen LogP contribution in [0.4, 0.5) is 23.7 Å². The molecular weight excluding hydrogens is 421 g/mol. The summed E-state index contributed by atoms with van der Waals surface area (Å²) in [6.07, 6.45) is -1.98. The number of thioether (sulfide) groups is 1. The summed E-state index contributed by atoms with van der Waals surface area (Å²) in [5.74, 6) is -0.330. The lowest BCUT2D eigenvalue weighted by Gasteiger charge is -2.16. The first-order valence-corrected chi connectivity index (χ1v) is 10.7. The van der Waals surface area contributed by atoms with Gasteiger partial charge < -0.3 is 21.3 Å². The number of unbranched alkanes of at least 4 members (excludes halogenated alkanes) is 1. The van der Waals surface area contributed by atoms with Gasteiger partial charge in [0.15, 0.2) is 0 Å². The largest absolute Gasteiger partial charge is 0.405 e. The van der Waals surface area contributed by atoms with Crippen molar-refractivity contribution < 1.29 is 27.6 Å². The number of nitrogens with one attached hydrogen (secondary N) is 4. The van der Waals surface area contributed by atoms with Crippen molar-refractivity contribution in [3.05, 3.63) is 29.8 Å². The van der Waals surface area contributed by atoms with Crippen molar-refractivity contribution in [1.29, 1.82) is 0 Å². The van der Waals surface area contributed by atoms with E-state index in [9.17, 15) is 27.6 Å². The molecule has 0 aromatic heterocycles. The normalized spacial score (nSPS) is 22.8. The van der Waals surface area contributed by atoms with Crippen LogP contribution in [-0.4, -0.2) is 53.7 Å². The molecule has 2 heterocycles. The van der Waals surface area contributed by atoms with Crippen LogP contribution < -0.4 is 21.3 Å². The maximum absolute atomic E-state index is 12.3. The molecule has 7 nitrogen and oxygen atoms in total. The average Bonchev–Trinajstić information content (AvgIpc) is 3.22. The molecular formula is C19H23F3N4O3S. The van der Waals surface area contributed by atoms with Crippen LogP contribution >= 0.6 is 11.8 Å². The molecule has 3 atom stereocenters. The number of amides is 4. The molecule has 164 valence electrons. The lowest BCUT2D eigenvalue weighted by molar-refractivity contribution is -0.123. The zero-order valence-corrected chi connectivity index (χ0v) is 16.9. The van der Waals surface area contributed by atoms with Gasteiger partial charge in [0.25, 0.3) is 5.91 Å². The molecule has 2 aliphatic rings. The second-order valence-electron chi connectivity index (χ2n) is 7.26. The van der Waals surface area contributed by atoms with Gasteiger partial charge in [0.1, 0.15) is 6.54 Å². The van der Waals surface area contributed by atoms with Crippen LogP contribution in [0.5, 0.6) is 0 Å². The summed E-state index contributed by atoms with van der Waals surface area (Å²) in [5.41, 5.74) is 0.157. The SMILES string of the molecule is O=C(CCCC[C@@H]1SC[C@@H]2NC(=O)N[C@@H]21)Nc1ccccc1C(=O)NCC(F)(F)F. The minimum atomic E-state index is -4.51. The Morgan fingerprint density at radius 1 is 1.17 bits per heavy atom. The molecule has 0 saturated carbocycles. The molecule has 2 aliphatic heterocycles. The summed E-state index contributed by atoms with van der Waals surface area (Å²) in [6, 6.07) is 6.10. The molecule has 1 aromatic carbocycles. The number of hydrogen-bond acceptors (Lipinski definition) is 4. The van der Waals surface area contributed by atoms with Crippen molar-refractivity contribution in [2.45, 2.75) is 49.2 Å². The highest BCUT2D eigenvalue weighted by Gasteiger charge is 2.42. The number of hydrogen-bond donors (Lipinski definition) is 4. The summed E-state index contributed by atoms with van der Waals surface area (Å²) in [5, 5.41) is 10.5. The minimum absolute atomic E-state index is 0.0204. The van der Waals surface area contributed by atoms with Gasteiger partial charge in [-0.2, -0.15) is 24.9 Å². The topological polar surface area (TPSA) is 99.3 Å². The molecule has 30 heavy (non-hydrogen) atoms. The number of para-hydroxylation sites is 1. The summed E-state index contributed by atoms with van der Waals surface area (Å²) in [7, 11) is 0. The smallest absolute Gasteiger partial charge is 0.343 e. The number of benzene rings is 1. The van der Waals surface area contributed by atoms with Crippen molar-refractivity contribution >= 4 is 35.3 Å². The molecule has 0 aliphatic carbocycles. The number of carbonyl (C=O) groups excluding carboxylic acids is 3. The van der Waals surface area contributed by atoms with Gasteiger partial charge in [-0.1, -0.05) is 18.6 Å². The third kappa shape index (κ3) is 6.04. The van der Waals surface area contributed by atoms with E-state index in [-0.39, 0.29) is 41.7 Å². The van der Waals surface area contributed by atoms with E-state index in [4.69, 9.17) is 0 Å². The van der Waals surface area contributed by atoms with Gasteiger partial charge in [-0.3, -0.25) is 9.59 Å². The zero-order valence-electron chi connectivity index (χ0n) is 16.1. The zero-order chi connectivity index (χ0) is 21.7. The van der Waals surface area contributed by atoms with Gasteiger partial charge >= 0.3 is 12.2 Å². The Balaban J connectivity index is 1.43. The molecule has 3 rings (SSSR count). The summed E-state index contributed by atoms with van der Waals surface area (Å²) in [6.45, 7) is -1.44. The van der Waals surface area contributed by atoms with Crippen molar-refractivity contribution in [2.75, 3.05) is 17.6 Å². The minimum Gasteiger partial charge on any atom is -0.343 e. The van der Waals surface area contributed by atoms with Crippen LogP contribution in [0.3, 0.4) is 0 Å². The number of carbonyl (C=O) groups is 3. The van der Waals surface area contributed by atoms with Gasteiger partial charge in [0.05, 0.1) is 23.3 Å². The van der Waals surface area contributed by atoms with Crippen LogP contribution in [0, 0.1) is 0 Å². The second kappa shape index (κ2) is 9.59. The number of fused-ring (bicyclic) bond motifs is 1. The highest BCUT2D eigenvalue weighted by Crippen LogP contribution is 2.33. The third-order valence-electron chi connectivity index (χ3n) is 4.98. The number of alkyl halides is 3. The molecule has 4 amide bonds. The highest BCUT2D eigenvalue weighted by molar-refractivity contribution is 8.00. The fourth-order valence-electron chi connectivity index (χ4n) is 3.55. The predicted molar refractivity (Wildman–Crippen MR) is 107 cm³/mol. The molecule has 1 aromatic rings. The van der Waals surface area contributed by atoms with Crippen LogP contribution in [0.15, 0.2) is 24.3 Å². The molecule has 0 radical (unpaired) electrons. The highest BCUT2D eigenvalue weighted by atomic mass is 32.2. The fraction of sp³-hybridized carbons (Fsp3) is 0.526. The first kappa shape index (κ1) is 22.3. The van der Waals surface area contributed by atoms with Crippen molar-refractivity contribution in [2.24, 2.45) is 0 Å². The van der Waals surface area contributed by atoms with E-state index in [2.05, 4.69) is 16.0 Å². The quantitative estimate of drug-likeness (QED) is 0.366. The number of urea groups is 1. The molecule has 0 unspecified atom stereocenters. The number of rotatable bonds is 8. The van der Waals surface area contributed by atoms with E-state index >= 15 is 0 Å². The van der Waals surface area contributed by atoms with E-state index in [1.54, 1.807) is 11.4 Å². The molecule has 11 heteroatoms. The maximum atomic E-state index is 12.3. The Kier molecular flexibility index (Phi) is 7.11. The molecule has 2 saturated heterocycles. The van der Waals surface area contributed by atoms with Crippen LogP contribution in [0.2, 0.25) is 0 Å². The van der Waals surface area contributed by atoms with Gasteiger partial charge in [0.2, 0.25) is 5.91 Å². The van der Waals surface area contributed by atoms with Crippen LogP contribution in [0.1, 0.15) is 36.0 Å². The maximum Gasteiger partial charge on any atom is 0.405 e. The van der Waals surface area contributed by atoms with Crippen molar-refractivity contribution in [3.63, 3.8) is 0 Å². The summed E-state index contributed by atoms with van der Waals surface area (Å²) >= 11 is 1.81. The molecule has 4 N–H and O–H groups in total. The van der Waals surface area contributed by atoms with Crippen molar-refractivity contribution in [1.82, 2.24) is 16.0 Å². The molecule has 0 spiro atoms. The lowest BCUT2D eigenvalue weighted by atomic mass is 10.0. The van der Waals surface area contributed by atoms with E-state index < -0.39 is 18.6 Å². The fourth-order valence-corrected chi connectivity index (χ4v) is 5.10. The Bertz CT molecular complexity index is 805. The lowest BCUT2D eigenvalue weighted by Crippen LogP contribution is -2.36. The monoisotopic (exact) mass is 444 g/mol. The van der Waals surface area contributed by atoms with Crippen LogP contribution in [0.25, 0.3) is 0 Å². The standard InChI is InChI=1S/C19H23F3N4O3S/c20-19(21,22)10-23-17(28)11-5-1-2-6-12(11)24-15(27)8-4-3-7-14-16-13(9-30-14)25-18(29)26-16/h1-2,5-6,13-14,16H,3-4,7-10H2,(H,23,28)(H,24,27)(H2,25,26,29)/t13-,14-,16-/m0/s1. The average molecular weight is 444 g/mol. The van der Waals surface area contributed by atoms with Gasteiger partial charge in [-0.25, -0.2) is 4.79 Å². The number of anilines is 1. The van der Waals surface area contributed by atoms with Gasteiger partial charge in [-0.15, -0.1) is 0 Å². The van der Waals surface area contributed by atoms with E-state index in [0.29, 0.717) is 11.7 Å². The van der Waals surface area contributed by atoms with E-state index in [1.165, 1.54) is 18.2 Å². The van der Waals surface area contributed by atoms with Gasteiger partial charge in [-0.05, 0) is 25.0 Å². The first-order valence-electron chi connectivity index (χ1n) is 9.65. The Morgan fingerprint density at radius 2 is 1.93 bits per heavy atom. The Morgan fingerprint density at radius 3 is 2.70 bits per heavy atom. The Labute approximate surface area is 175 Å². The van der Waals surface area contributed by atoms with E-state index in [0.717, 1.165) is 18.6 Å².